The number of carbonyl (C=O) groups is 1. The van der Waals surface area contributed by atoms with E-state index < -0.39 is 4.92 Å². The lowest BCUT2D eigenvalue weighted by Crippen LogP contribution is -2.33. The van der Waals surface area contributed by atoms with E-state index in [1.54, 1.807) is 4.90 Å². The molecule has 2 aliphatic heterocycles. The van der Waals surface area contributed by atoms with Crippen LogP contribution in [0.25, 0.3) is 0 Å². The van der Waals surface area contributed by atoms with Crippen molar-refractivity contribution in [1.29, 1.82) is 0 Å². The lowest BCUT2D eigenvalue weighted by Gasteiger charge is -2.22. The standard InChI is InChI=1S/C12H15N3O4/c16-11(9-1-2-10(19-9)15(17)18)14-6-4-12(8-14)3-5-13-7-12/h1-2,13H,3-8H2. The van der Waals surface area contributed by atoms with Crippen LogP contribution < -0.4 is 5.32 Å². The van der Waals surface area contributed by atoms with Crippen LogP contribution in [0.15, 0.2) is 16.5 Å². The van der Waals surface area contributed by atoms with E-state index in [4.69, 9.17) is 4.42 Å². The van der Waals surface area contributed by atoms with Gasteiger partial charge in [0.25, 0.3) is 5.91 Å². The molecule has 0 saturated carbocycles. The second-order valence-corrected chi connectivity index (χ2v) is 5.30. The average molecular weight is 265 g/mol. The molecule has 1 aromatic rings. The molecule has 2 fully saturated rings. The van der Waals surface area contributed by atoms with Gasteiger partial charge in [0.2, 0.25) is 0 Å². The molecular weight excluding hydrogens is 250 g/mol. The highest BCUT2D eigenvalue weighted by Gasteiger charge is 2.42. The van der Waals surface area contributed by atoms with Crippen molar-refractivity contribution >= 4 is 11.8 Å². The van der Waals surface area contributed by atoms with E-state index in [-0.39, 0.29) is 23.0 Å². The van der Waals surface area contributed by atoms with Gasteiger partial charge in [-0.15, -0.1) is 0 Å². The summed E-state index contributed by atoms with van der Waals surface area (Å²) < 4.78 is 4.96. The van der Waals surface area contributed by atoms with Crippen molar-refractivity contribution in [3.63, 3.8) is 0 Å². The van der Waals surface area contributed by atoms with Crippen LogP contribution in [0.5, 0.6) is 0 Å². The first-order chi connectivity index (χ1) is 9.10. The van der Waals surface area contributed by atoms with E-state index in [1.807, 2.05) is 0 Å². The SMILES string of the molecule is O=C(c1ccc([N+](=O)[O-])o1)N1CCC2(CCNC2)C1. The zero-order chi connectivity index (χ0) is 13.5. The Bertz CT molecular complexity index is 519. The number of hydrogen-bond acceptors (Lipinski definition) is 5. The molecule has 7 heteroatoms. The Morgan fingerprint density at radius 3 is 2.95 bits per heavy atom. The van der Waals surface area contributed by atoms with Crippen molar-refractivity contribution in [3.8, 4) is 0 Å². The van der Waals surface area contributed by atoms with Crippen LogP contribution >= 0.6 is 0 Å². The maximum atomic E-state index is 12.2. The molecule has 0 aromatic carbocycles. The van der Waals surface area contributed by atoms with Gasteiger partial charge in [0.05, 0.1) is 6.07 Å². The molecule has 2 aliphatic rings. The number of nitro groups is 1. The van der Waals surface area contributed by atoms with Gasteiger partial charge in [0.1, 0.15) is 4.92 Å². The minimum Gasteiger partial charge on any atom is -0.395 e. The topological polar surface area (TPSA) is 88.6 Å². The van der Waals surface area contributed by atoms with Gasteiger partial charge < -0.3 is 14.6 Å². The summed E-state index contributed by atoms with van der Waals surface area (Å²) >= 11 is 0. The fourth-order valence-corrected chi connectivity index (χ4v) is 2.95. The van der Waals surface area contributed by atoms with Gasteiger partial charge in [-0.25, -0.2) is 0 Å². The summed E-state index contributed by atoms with van der Waals surface area (Å²) in [5, 5.41) is 13.9. The molecule has 0 aliphatic carbocycles. The van der Waals surface area contributed by atoms with Crippen LogP contribution in [0.2, 0.25) is 0 Å². The van der Waals surface area contributed by atoms with Gasteiger partial charge in [-0.2, -0.15) is 0 Å². The van der Waals surface area contributed by atoms with Crippen LogP contribution in [-0.2, 0) is 0 Å². The molecule has 7 nitrogen and oxygen atoms in total. The lowest BCUT2D eigenvalue weighted by molar-refractivity contribution is -0.402. The third-order valence-electron chi connectivity index (χ3n) is 4.04. The van der Waals surface area contributed by atoms with Gasteiger partial charge >= 0.3 is 5.88 Å². The zero-order valence-corrected chi connectivity index (χ0v) is 10.4. The Balaban J connectivity index is 1.72. The molecule has 1 aromatic heterocycles. The largest absolute Gasteiger partial charge is 0.433 e. The van der Waals surface area contributed by atoms with Gasteiger partial charge in [-0.1, -0.05) is 0 Å². The first-order valence-electron chi connectivity index (χ1n) is 6.34. The van der Waals surface area contributed by atoms with Crippen molar-refractivity contribution < 1.29 is 14.1 Å². The van der Waals surface area contributed by atoms with Crippen LogP contribution in [-0.4, -0.2) is 41.9 Å². The fourth-order valence-electron chi connectivity index (χ4n) is 2.95. The van der Waals surface area contributed by atoms with Crippen molar-refractivity contribution in [2.75, 3.05) is 26.2 Å². The number of amides is 1. The minimum absolute atomic E-state index is 0.0507. The van der Waals surface area contributed by atoms with E-state index in [0.717, 1.165) is 25.9 Å². The van der Waals surface area contributed by atoms with Crippen LogP contribution in [0.1, 0.15) is 23.4 Å². The van der Waals surface area contributed by atoms with Gasteiger partial charge in [0, 0.05) is 25.0 Å². The van der Waals surface area contributed by atoms with Crippen molar-refractivity contribution in [2.24, 2.45) is 5.41 Å². The second-order valence-electron chi connectivity index (χ2n) is 5.30. The molecule has 102 valence electrons. The Morgan fingerprint density at radius 1 is 1.47 bits per heavy atom. The Labute approximate surface area is 109 Å². The molecule has 19 heavy (non-hydrogen) atoms. The number of carbonyl (C=O) groups excluding carboxylic acids is 1. The van der Waals surface area contributed by atoms with E-state index >= 15 is 0 Å². The van der Waals surface area contributed by atoms with Crippen LogP contribution in [0.3, 0.4) is 0 Å². The predicted molar refractivity (Wildman–Crippen MR) is 65.8 cm³/mol. The summed E-state index contributed by atoms with van der Waals surface area (Å²) in [7, 11) is 0. The third kappa shape index (κ3) is 2.10. The molecule has 1 amide bonds. The lowest BCUT2D eigenvalue weighted by atomic mass is 9.87. The molecule has 1 unspecified atom stereocenters. The number of hydrogen-bond donors (Lipinski definition) is 1. The monoisotopic (exact) mass is 265 g/mol. The predicted octanol–water partition coefficient (Wildman–Crippen LogP) is 1.01. The number of likely N-dealkylation sites (tertiary alicyclic amines) is 1. The first-order valence-corrected chi connectivity index (χ1v) is 6.34. The first kappa shape index (κ1) is 12.2. The molecule has 1 N–H and O–H groups in total. The molecule has 3 heterocycles. The number of nitrogens with one attached hydrogen (secondary N) is 1. The molecule has 1 spiro atoms. The van der Waals surface area contributed by atoms with Gasteiger partial charge in [-0.3, -0.25) is 14.9 Å². The Hall–Kier alpha value is -1.89. The maximum Gasteiger partial charge on any atom is 0.433 e. The summed E-state index contributed by atoms with van der Waals surface area (Å²) in [5.74, 6) is -0.591. The average Bonchev–Trinajstić information content (AvgIpc) is 3.11. The molecule has 0 radical (unpaired) electrons. The van der Waals surface area contributed by atoms with Crippen molar-refractivity contribution in [3.05, 3.63) is 28.0 Å². The summed E-state index contributed by atoms with van der Waals surface area (Å²) in [5.41, 5.74) is 0.189. The molecular formula is C12H15N3O4. The second kappa shape index (κ2) is 4.34. The van der Waals surface area contributed by atoms with Gasteiger partial charge in [0.15, 0.2) is 5.76 Å². The molecule has 0 bridgehead atoms. The van der Waals surface area contributed by atoms with Crippen LogP contribution in [0.4, 0.5) is 5.88 Å². The third-order valence-corrected chi connectivity index (χ3v) is 4.04. The highest BCUT2D eigenvalue weighted by atomic mass is 16.6. The highest BCUT2D eigenvalue weighted by Crippen LogP contribution is 2.36. The van der Waals surface area contributed by atoms with Crippen LogP contribution in [0, 0.1) is 15.5 Å². The minimum atomic E-state index is -0.636. The maximum absolute atomic E-state index is 12.2. The molecule has 2 saturated heterocycles. The van der Waals surface area contributed by atoms with Crippen molar-refractivity contribution in [1.82, 2.24) is 10.2 Å². The number of furan rings is 1. The Kier molecular flexibility index (Phi) is 2.78. The van der Waals surface area contributed by atoms with Gasteiger partial charge in [-0.05, 0) is 25.5 Å². The highest BCUT2D eigenvalue weighted by molar-refractivity contribution is 5.92. The van der Waals surface area contributed by atoms with E-state index in [2.05, 4.69) is 5.32 Å². The quantitative estimate of drug-likeness (QED) is 0.637. The summed E-state index contributed by atoms with van der Waals surface area (Å²) in [4.78, 5) is 23.8. The normalized spacial score (nSPS) is 26.2. The van der Waals surface area contributed by atoms with E-state index in [1.165, 1.54) is 12.1 Å². The van der Waals surface area contributed by atoms with E-state index in [0.29, 0.717) is 13.1 Å². The van der Waals surface area contributed by atoms with Crippen molar-refractivity contribution in [2.45, 2.75) is 12.8 Å². The number of nitrogens with zero attached hydrogens (tertiary/aromatic N) is 2. The summed E-state index contributed by atoms with van der Waals surface area (Å²) in [6.07, 6.45) is 2.06. The smallest absolute Gasteiger partial charge is 0.395 e. The zero-order valence-electron chi connectivity index (χ0n) is 10.4. The Morgan fingerprint density at radius 2 is 2.32 bits per heavy atom. The van der Waals surface area contributed by atoms with E-state index in [9.17, 15) is 14.9 Å². The summed E-state index contributed by atoms with van der Waals surface area (Å²) in [6.45, 7) is 3.33. The number of rotatable bonds is 2. The molecule has 1 atom stereocenters. The molecule has 3 rings (SSSR count). The summed E-state index contributed by atoms with van der Waals surface area (Å²) in [6, 6.07) is 2.59. The fraction of sp³-hybridized carbons (Fsp3) is 0.583.